The fourth-order valence-electron chi connectivity index (χ4n) is 2.82. The molecule has 0 atom stereocenters. The molecule has 1 aromatic carbocycles. The number of fused-ring (bicyclic) bond motifs is 1. The average molecular weight is 262 g/mol. The van der Waals surface area contributed by atoms with Gasteiger partial charge in [0.1, 0.15) is 0 Å². The fourth-order valence-corrected chi connectivity index (χ4v) is 2.82. The molecule has 1 aliphatic carbocycles. The molecule has 0 unspecified atom stereocenters. The minimum Gasteiger partial charge on any atom is -0.490 e. The van der Waals surface area contributed by atoms with Gasteiger partial charge < -0.3 is 20.1 Å². The lowest BCUT2D eigenvalue weighted by molar-refractivity contribution is 0.271. The fraction of sp³-hybridized carbons (Fsp3) is 0.600. The topological polar surface area (TPSA) is 47.7 Å². The van der Waals surface area contributed by atoms with Crippen molar-refractivity contribution in [3.05, 3.63) is 18.2 Å². The van der Waals surface area contributed by atoms with E-state index in [1.807, 2.05) is 6.07 Å². The van der Waals surface area contributed by atoms with E-state index in [1.54, 1.807) is 0 Å². The molecule has 0 radical (unpaired) electrons. The van der Waals surface area contributed by atoms with Crippen LogP contribution in [0.5, 0.6) is 11.5 Å². The summed E-state index contributed by atoms with van der Waals surface area (Å²) in [4.78, 5) is 2.28. The Hall–Kier alpha value is -1.42. The van der Waals surface area contributed by atoms with Crippen molar-refractivity contribution in [2.75, 3.05) is 31.7 Å². The van der Waals surface area contributed by atoms with Crippen LogP contribution < -0.4 is 20.1 Å². The molecule has 0 spiro atoms. The summed E-state index contributed by atoms with van der Waals surface area (Å²) in [6.07, 6.45) is 3.24. The summed E-state index contributed by atoms with van der Waals surface area (Å²) in [5, 5.41) is 0. The molecule has 1 heterocycles. The van der Waals surface area contributed by atoms with Gasteiger partial charge in [-0.3, -0.25) is 0 Å². The van der Waals surface area contributed by atoms with Gasteiger partial charge in [-0.2, -0.15) is 0 Å². The van der Waals surface area contributed by atoms with Crippen LogP contribution in [0.1, 0.15) is 19.3 Å². The van der Waals surface area contributed by atoms with Crippen LogP contribution in [0.2, 0.25) is 0 Å². The van der Waals surface area contributed by atoms with Crippen LogP contribution in [0.4, 0.5) is 5.69 Å². The van der Waals surface area contributed by atoms with Gasteiger partial charge in [-0.1, -0.05) is 0 Å². The van der Waals surface area contributed by atoms with Crippen LogP contribution in [0, 0.1) is 5.92 Å². The lowest BCUT2D eigenvalue weighted by atomic mass is 9.80. The van der Waals surface area contributed by atoms with Gasteiger partial charge in [-0.25, -0.2) is 0 Å². The molecule has 104 valence electrons. The molecular weight excluding hydrogens is 240 g/mol. The van der Waals surface area contributed by atoms with Crippen LogP contribution in [0.15, 0.2) is 18.2 Å². The maximum atomic E-state index is 5.84. The van der Waals surface area contributed by atoms with E-state index in [9.17, 15) is 0 Å². The number of ether oxygens (including phenoxy) is 2. The number of hydrogen-bond acceptors (Lipinski definition) is 4. The molecule has 2 N–H and O–H groups in total. The molecule has 4 nitrogen and oxygen atoms in total. The summed E-state index contributed by atoms with van der Waals surface area (Å²) >= 11 is 0. The molecule has 1 aliphatic heterocycles. The molecule has 4 heteroatoms. The zero-order chi connectivity index (χ0) is 13.2. The number of hydrogen-bond donors (Lipinski definition) is 1. The number of benzene rings is 1. The van der Waals surface area contributed by atoms with Crippen molar-refractivity contribution in [2.24, 2.45) is 11.7 Å². The van der Waals surface area contributed by atoms with E-state index < -0.39 is 0 Å². The number of anilines is 1. The Kier molecular flexibility index (Phi) is 3.51. The third-order valence-corrected chi connectivity index (χ3v) is 3.98. The van der Waals surface area contributed by atoms with E-state index >= 15 is 0 Å². The molecule has 1 aromatic rings. The highest BCUT2D eigenvalue weighted by Gasteiger charge is 2.27. The first-order valence-corrected chi connectivity index (χ1v) is 7.09. The molecule has 0 saturated heterocycles. The van der Waals surface area contributed by atoms with Gasteiger partial charge >= 0.3 is 0 Å². The van der Waals surface area contributed by atoms with E-state index in [1.165, 1.54) is 5.69 Å². The van der Waals surface area contributed by atoms with E-state index in [2.05, 4.69) is 24.1 Å². The highest BCUT2D eigenvalue weighted by Crippen LogP contribution is 2.34. The number of rotatable bonds is 3. The quantitative estimate of drug-likeness (QED) is 0.905. The van der Waals surface area contributed by atoms with Gasteiger partial charge in [0.25, 0.3) is 0 Å². The Morgan fingerprint density at radius 1 is 1.21 bits per heavy atom. The van der Waals surface area contributed by atoms with Crippen molar-refractivity contribution in [3.63, 3.8) is 0 Å². The van der Waals surface area contributed by atoms with Crippen molar-refractivity contribution < 1.29 is 9.47 Å². The second kappa shape index (κ2) is 5.29. The van der Waals surface area contributed by atoms with E-state index in [4.69, 9.17) is 15.2 Å². The number of nitrogens with zero attached hydrogens (tertiary/aromatic N) is 1. The second-order valence-electron chi connectivity index (χ2n) is 5.66. The van der Waals surface area contributed by atoms with E-state index in [0.717, 1.165) is 56.4 Å². The maximum absolute atomic E-state index is 5.84. The SMILES string of the molecule is CN(CC1CC(N)C1)c1ccc2c(c1)OCCCO2. The Balaban J connectivity index is 1.68. The van der Waals surface area contributed by atoms with E-state index in [-0.39, 0.29) is 0 Å². The van der Waals surface area contributed by atoms with Crippen molar-refractivity contribution in [1.29, 1.82) is 0 Å². The summed E-state index contributed by atoms with van der Waals surface area (Å²) in [6, 6.07) is 6.62. The van der Waals surface area contributed by atoms with Gasteiger partial charge in [-0.15, -0.1) is 0 Å². The first kappa shape index (κ1) is 12.6. The first-order chi connectivity index (χ1) is 9.22. The predicted octanol–water partition coefficient (Wildman–Crippen LogP) is 2.02. The third kappa shape index (κ3) is 2.78. The smallest absolute Gasteiger partial charge is 0.163 e. The Morgan fingerprint density at radius 2 is 1.95 bits per heavy atom. The lowest BCUT2D eigenvalue weighted by Gasteiger charge is -2.36. The monoisotopic (exact) mass is 262 g/mol. The molecular formula is C15H22N2O2. The normalized spacial score (nSPS) is 25.4. The number of nitrogens with two attached hydrogens (primary N) is 1. The van der Waals surface area contributed by atoms with Crippen molar-refractivity contribution >= 4 is 5.69 Å². The van der Waals surface area contributed by atoms with Crippen LogP contribution in [-0.4, -0.2) is 32.8 Å². The molecule has 3 rings (SSSR count). The molecule has 2 aliphatic rings. The summed E-state index contributed by atoms with van der Waals surface area (Å²) in [5.41, 5.74) is 7.02. The first-order valence-electron chi connectivity index (χ1n) is 7.09. The van der Waals surface area contributed by atoms with Gasteiger partial charge in [-0.05, 0) is 30.9 Å². The predicted molar refractivity (Wildman–Crippen MR) is 76.0 cm³/mol. The second-order valence-corrected chi connectivity index (χ2v) is 5.66. The largest absolute Gasteiger partial charge is 0.490 e. The molecule has 1 fully saturated rings. The van der Waals surface area contributed by atoms with E-state index in [0.29, 0.717) is 6.04 Å². The van der Waals surface area contributed by atoms with Gasteiger partial charge in [0.05, 0.1) is 13.2 Å². The highest BCUT2D eigenvalue weighted by molar-refractivity contribution is 5.56. The zero-order valence-electron chi connectivity index (χ0n) is 11.5. The van der Waals surface area contributed by atoms with Crippen molar-refractivity contribution in [3.8, 4) is 11.5 Å². The summed E-state index contributed by atoms with van der Waals surface area (Å²) in [5.74, 6) is 2.46. The summed E-state index contributed by atoms with van der Waals surface area (Å²) < 4.78 is 11.4. The van der Waals surface area contributed by atoms with Crippen LogP contribution in [0.3, 0.4) is 0 Å². The average Bonchev–Trinajstić information content (AvgIpc) is 2.61. The Morgan fingerprint density at radius 3 is 2.68 bits per heavy atom. The Bertz CT molecular complexity index is 444. The lowest BCUT2D eigenvalue weighted by Crippen LogP contribution is -2.41. The minimum absolute atomic E-state index is 0.419. The zero-order valence-corrected chi connectivity index (χ0v) is 11.5. The van der Waals surface area contributed by atoms with Crippen molar-refractivity contribution in [2.45, 2.75) is 25.3 Å². The molecule has 19 heavy (non-hydrogen) atoms. The molecule has 1 saturated carbocycles. The van der Waals surface area contributed by atoms with Gasteiger partial charge in [0.15, 0.2) is 11.5 Å². The summed E-state index contributed by atoms with van der Waals surface area (Å²) in [7, 11) is 2.13. The standard InChI is InChI=1S/C15H22N2O2/c1-17(10-11-7-12(16)8-11)13-3-4-14-15(9-13)19-6-2-5-18-14/h3-4,9,11-12H,2,5-8,10,16H2,1H3. The minimum atomic E-state index is 0.419. The third-order valence-electron chi connectivity index (χ3n) is 3.98. The maximum Gasteiger partial charge on any atom is 0.163 e. The van der Waals surface area contributed by atoms with Crippen LogP contribution >= 0.6 is 0 Å². The molecule has 0 bridgehead atoms. The van der Waals surface area contributed by atoms with Gasteiger partial charge in [0, 0.05) is 37.8 Å². The molecule has 0 amide bonds. The van der Waals surface area contributed by atoms with Crippen LogP contribution in [-0.2, 0) is 0 Å². The van der Waals surface area contributed by atoms with Crippen LogP contribution in [0.25, 0.3) is 0 Å². The van der Waals surface area contributed by atoms with Gasteiger partial charge in [0.2, 0.25) is 0 Å². The highest BCUT2D eigenvalue weighted by atomic mass is 16.5. The summed E-state index contributed by atoms with van der Waals surface area (Å²) in [6.45, 7) is 2.53. The Labute approximate surface area is 114 Å². The van der Waals surface area contributed by atoms with Crippen molar-refractivity contribution in [1.82, 2.24) is 0 Å². The molecule has 0 aromatic heterocycles.